The molecular weight excluding hydrogens is 418 g/mol. The summed E-state index contributed by atoms with van der Waals surface area (Å²) in [6.07, 6.45) is 3.64. The van der Waals surface area contributed by atoms with Crippen molar-refractivity contribution in [2.24, 2.45) is 0 Å². The first-order valence-corrected chi connectivity index (χ1v) is 11.3. The Morgan fingerprint density at radius 3 is 2.18 bits per heavy atom. The number of imidazole rings is 1. The van der Waals surface area contributed by atoms with E-state index in [0.717, 1.165) is 44.3 Å². The number of pyridine rings is 3. The number of benzene rings is 3. The van der Waals surface area contributed by atoms with Crippen LogP contribution < -0.4 is 0 Å². The van der Waals surface area contributed by atoms with Crippen LogP contribution in [0.3, 0.4) is 0 Å². The highest BCUT2D eigenvalue weighted by molar-refractivity contribution is 6.27. The molecule has 0 fully saturated rings. The van der Waals surface area contributed by atoms with Crippen LogP contribution in [0.2, 0.25) is 0 Å². The van der Waals surface area contributed by atoms with E-state index in [-0.39, 0.29) is 0 Å². The highest BCUT2D eigenvalue weighted by atomic mass is 15.1. The number of hydrogen-bond donors (Lipinski definition) is 0. The zero-order valence-electron chi connectivity index (χ0n) is 18.1. The summed E-state index contributed by atoms with van der Waals surface area (Å²) in [6.45, 7) is 0. The molecule has 0 aliphatic carbocycles. The van der Waals surface area contributed by atoms with Gasteiger partial charge in [-0.1, -0.05) is 42.5 Å². The summed E-state index contributed by atoms with van der Waals surface area (Å²) in [6, 6.07) is 31.8. The van der Waals surface area contributed by atoms with Crippen LogP contribution in [0.4, 0.5) is 0 Å². The molecule has 5 heteroatoms. The zero-order chi connectivity index (χ0) is 22.2. The fourth-order valence-electron chi connectivity index (χ4n) is 5.44. The van der Waals surface area contributed by atoms with Gasteiger partial charge in [-0.3, -0.25) is 4.40 Å². The average molecular weight is 435 g/mol. The second-order valence-corrected chi connectivity index (χ2v) is 8.56. The van der Waals surface area contributed by atoms with Gasteiger partial charge in [0.2, 0.25) is 0 Å². The van der Waals surface area contributed by atoms with E-state index in [0.29, 0.717) is 0 Å². The molecule has 0 spiro atoms. The summed E-state index contributed by atoms with van der Waals surface area (Å²) < 4.78 is 4.51. The minimum absolute atomic E-state index is 0.727. The van der Waals surface area contributed by atoms with Crippen molar-refractivity contribution >= 4 is 60.4 Å². The summed E-state index contributed by atoms with van der Waals surface area (Å²) >= 11 is 0. The molecule has 3 aromatic carbocycles. The molecule has 5 heterocycles. The third kappa shape index (κ3) is 2.16. The minimum atomic E-state index is 0.727. The molecule has 0 unspecified atom stereocenters. The van der Waals surface area contributed by atoms with Crippen molar-refractivity contribution in [2.75, 3.05) is 0 Å². The number of hydrogen-bond acceptors (Lipinski definition) is 3. The van der Waals surface area contributed by atoms with Gasteiger partial charge in [0.15, 0.2) is 5.65 Å². The van der Waals surface area contributed by atoms with E-state index in [9.17, 15) is 0 Å². The van der Waals surface area contributed by atoms with Crippen LogP contribution in [-0.4, -0.2) is 23.9 Å². The van der Waals surface area contributed by atoms with Crippen molar-refractivity contribution < 1.29 is 0 Å². The predicted molar refractivity (Wildman–Crippen MR) is 138 cm³/mol. The Morgan fingerprint density at radius 1 is 0.529 bits per heavy atom. The van der Waals surface area contributed by atoms with E-state index in [1.54, 1.807) is 6.20 Å². The lowest BCUT2D eigenvalue weighted by Crippen LogP contribution is -1.97. The van der Waals surface area contributed by atoms with E-state index in [1.807, 2.05) is 18.3 Å². The van der Waals surface area contributed by atoms with E-state index in [4.69, 9.17) is 9.97 Å². The summed E-state index contributed by atoms with van der Waals surface area (Å²) in [5.74, 6) is 0. The molecule has 0 aliphatic heterocycles. The molecule has 0 aliphatic rings. The maximum atomic E-state index is 4.96. The average Bonchev–Trinajstić information content (AvgIpc) is 3.46. The van der Waals surface area contributed by atoms with Gasteiger partial charge < -0.3 is 4.57 Å². The van der Waals surface area contributed by atoms with Crippen LogP contribution in [0.1, 0.15) is 0 Å². The van der Waals surface area contributed by atoms with Gasteiger partial charge in [0.05, 0.1) is 16.6 Å². The van der Waals surface area contributed by atoms with Crippen LogP contribution in [0, 0.1) is 0 Å². The second kappa shape index (κ2) is 6.39. The van der Waals surface area contributed by atoms with Crippen molar-refractivity contribution in [2.45, 2.75) is 0 Å². The van der Waals surface area contributed by atoms with Crippen LogP contribution in [0.5, 0.6) is 0 Å². The first-order chi connectivity index (χ1) is 16.9. The Balaban J connectivity index is 1.73. The fraction of sp³-hybridized carbons (Fsp3) is 0. The molecule has 0 N–H and O–H groups in total. The summed E-state index contributed by atoms with van der Waals surface area (Å²) in [7, 11) is 0. The molecule has 0 saturated carbocycles. The van der Waals surface area contributed by atoms with Gasteiger partial charge in [-0.25, -0.2) is 15.0 Å². The van der Waals surface area contributed by atoms with Gasteiger partial charge in [-0.05, 0) is 48.5 Å². The topological polar surface area (TPSA) is 48.0 Å². The molecule has 0 amide bonds. The number of aromatic nitrogens is 5. The molecule has 0 radical (unpaired) electrons. The Morgan fingerprint density at radius 2 is 1.24 bits per heavy atom. The minimum Gasteiger partial charge on any atom is -0.309 e. The Hall–Kier alpha value is -4.77. The molecule has 158 valence electrons. The van der Waals surface area contributed by atoms with Gasteiger partial charge in [0.1, 0.15) is 11.3 Å². The molecule has 5 aromatic heterocycles. The fourth-order valence-corrected chi connectivity index (χ4v) is 5.44. The van der Waals surface area contributed by atoms with E-state index >= 15 is 0 Å². The van der Waals surface area contributed by atoms with E-state index < -0.39 is 0 Å². The van der Waals surface area contributed by atoms with Crippen molar-refractivity contribution in [1.29, 1.82) is 0 Å². The molecule has 34 heavy (non-hydrogen) atoms. The largest absolute Gasteiger partial charge is 0.309 e. The van der Waals surface area contributed by atoms with Gasteiger partial charge in [0, 0.05) is 45.0 Å². The van der Waals surface area contributed by atoms with Gasteiger partial charge in [-0.15, -0.1) is 0 Å². The first-order valence-electron chi connectivity index (χ1n) is 11.3. The van der Waals surface area contributed by atoms with Crippen LogP contribution in [0.15, 0.2) is 103 Å². The highest BCUT2D eigenvalue weighted by Crippen LogP contribution is 2.40. The summed E-state index contributed by atoms with van der Waals surface area (Å²) in [4.78, 5) is 14.3. The third-order valence-corrected chi connectivity index (χ3v) is 6.79. The van der Waals surface area contributed by atoms with Crippen molar-refractivity contribution in [3.8, 4) is 5.69 Å². The molecule has 0 bridgehead atoms. The highest BCUT2D eigenvalue weighted by Gasteiger charge is 2.20. The molecule has 0 atom stereocenters. The Labute approximate surface area is 193 Å². The van der Waals surface area contributed by atoms with Gasteiger partial charge in [-0.2, -0.15) is 0 Å². The molecule has 8 aromatic rings. The lowest BCUT2D eigenvalue weighted by atomic mass is 10.0. The normalized spacial score (nSPS) is 12.1. The quantitative estimate of drug-likeness (QED) is 0.270. The summed E-state index contributed by atoms with van der Waals surface area (Å²) in [5.41, 5.74) is 6.94. The van der Waals surface area contributed by atoms with Gasteiger partial charge >= 0.3 is 0 Å². The van der Waals surface area contributed by atoms with Crippen molar-refractivity contribution in [3.63, 3.8) is 0 Å². The molecular formula is C29H17N5. The van der Waals surface area contributed by atoms with Crippen molar-refractivity contribution in [1.82, 2.24) is 23.9 Å². The van der Waals surface area contributed by atoms with Crippen LogP contribution in [0.25, 0.3) is 66.1 Å². The first kappa shape index (κ1) is 17.7. The maximum absolute atomic E-state index is 4.96. The van der Waals surface area contributed by atoms with Crippen LogP contribution in [-0.2, 0) is 0 Å². The van der Waals surface area contributed by atoms with Crippen LogP contribution >= 0.6 is 0 Å². The maximum Gasteiger partial charge on any atom is 0.178 e. The van der Waals surface area contributed by atoms with E-state index in [1.165, 1.54) is 21.8 Å². The zero-order valence-corrected chi connectivity index (χ0v) is 18.1. The van der Waals surface area contributed by atoms with Crippen molar-refractivity contribution in [3.05, 3.63) is 103 Å². The smallest absolute Gasteiger partial charge is 0.178 e. The number of fused-ring (bicyclic) bond motifs is 12. The predicted octanol–water partition coefficient (Wildman–Crippen LogP) is 6.68. The summed E-state index contributed by atoms with van der Waals surface area (Å²) in [5, 5.41) is 5.79. The number of nitrogens with zero attached hydrogens (tertiary/aromatic N) is 5. The second-order valence-electron chi connectivity index (χ2n) is 8.56. The number of rotatable bonds is 1. The third-order valence-electron chi connectivity index (χ3n) is 6.79. The lowest BCUT2D eigenvalue weighted by Gasteiger charge is -2.13. The molecule has 8 rings (SSSR count). The molecule has 0 saturated heterocycles. The standard InChI is InChI=1S/C29H17N5/c1-2-8-18(9-3-1)33-23-12-5-4-10-19(23)20-14-15-22-25(26(20)33)21-11-6-17-31-28(21)34-24-13-7-16-30-27(24)32-29(22)34/h1-17H. The number of para-hydroxylation sites is 2. The van der Waals surface area contributed by atoms with E-state index in [2.05, 4.69) is 92.8 Å². The van der Waals surface area contributed by atoms with Gasteiger partial charge in [0.25, 0.3) is 0 Å². The SMILES string of the molecule is c1ccc(-n2c3ccccc3c3ccc4c(c5cccnc5n5c6cccnc6nc45)c32)cc1. The monoisotopic (exact) mass is 435 g/mol. The molecule has 5 nitrogen and oxygen atoms in total. The Bertz CT molecular complexity index is 2070. The lowest BCUT2D eigenvalue weighted by molar-refractivity contribution is 1.18. The Kier molecular flexibility index (Phi) is 3.34.